The third-order valence-corrected chi connectivity index (χ3v) is 3.78. The number of carbonyl (C=O) groups is 1. The van der Waals surface area contributed by atoms with Crippen molar-refractivity contribution in [2.75, 3.05) is 18.5 Å². The molecule has 20 heavy (non-hydrogen) atoms. The second-order valence-corrected chi connectivity index (χ2v) is 5.46. The predicted octanol–water partition coefficient (Wildman–Crippen LogP) is 2.40. The molecule has 1 saturated heterocycles. The van der Waals surface area contributed by atoms with Crippen molar-refractivity contribution in [1.82, 2.24) is 0 Å². The lowest BCUT2D eigenvalue weighted by molar-refractivity contribution is -0.384. The average molecular weight is 345 g/mol. The molecule has 1 heterocycles. The van der Waals surface area contributed by atoms with Crippen molar-refractivity contribution in [3.63, 3.8) is 0 Å². The molecule has 2 rings (SSSR count). The Labute approximate surface area is 123 Å². The van der Waals surface area contributed by atoms with Gasteiger partial charge < -0.3 is 15.2 Å². The summed E-state index contributed by atoms with van der Waals surface area (Å²) < 4.78 is 5.80. The number of halogens is 1. The second-order valence-electron chi connectivity index (χ2n) is 4.54. The second kappa shape index (κ2) is 5.76. The van der Waals surface area contributed by atoms with E-state index in [1.807, 2.05) is 0 Å². The molecule has 0 unspecified atom stereocenters. The van der Waals surface area contributed by atoms with Crippen molar-refractivity contribution >= 4 is 33.3 Å². The summed E-state index contributed by atoms with van der Waals surface area (Å²) in [4.78, 5) is 22.0. The summed E-state index contributed by atoms with van der Waals surface area (Å²) in [5.41, 5.74) is -1.20. The monoisotopic (exact) mass is 344 g/mol. The number of hydrogen-bond donors (Lipinski definition) is 2. The van der Waals surface area contributed by atoms with Crippen LogP contribution in [0.5, 0.6) is 0 Å². The first-order valence-corrected chi connectivity index (χ1v) is 6.77. The van der Waals surface area contributed by atoms with E-state index < -0.39 is 16.4 Å². The lowest BCUT2D eigenvalue weighted by Gasteiger charge is -2.34. The minimum atomic E-state index is -1.23. The Balaban J connectivity index is 2.38. The van der Waals surface area contributed by atoms with Crippen LogP contribution in [0.25, 0.3) is 0 Å². The van der Waals surface area contributed by atoms with Crippen LogP contribution in [0.4, 0.5) is 11.4 Å². The Morgan fingerprint density at radius 2 is 2.10 bits per heavy atom. The molecule has 0 saturated carbocycles. The maximum absolute atomic E-state index is 11.5. The van der Waals surface area contributed by atoms with Gasteiger partial charge in [-0.15, -0.1) is 0 Å². The maximum atomic E-state index is 11.5. The van der Waals surface area contributed by atoms with Crippen molar-refractivity contribution in [2.45, 2.75) is 18.4 Å². The molecule has 7 nitrogen and oxygen atoms in total. The maximum Gasteiger partial charge on any atom is 0.329 e. The first-order valence-electron chi connectivity index (χ1n) is 5.98. The standard InChI is InChI=1S/C12H13BrN2O5/c13-8-1-2-10(15(18)19)9(7-8)14-12(11(16)17)3-5-20-6-4-12/h1-2,7,14H,3-6H2,(H,16,17). The molecule has 108 valence electrons. The molecule has 1 aliphatic heterocycles. The van der Waals surface area contributed by atoms with E-state index in [9.17, 15) is 20.0 Å². The van der Waals surface area contributed by atoms with Crippen molar-refractivity contribution in [3.8, 4) is 0 Å². The van der Waals surface area contributed by atoms with Gasteiger partial charge in [0.1, 0.15) is 11.2 Å². The van der Waals surface area contributed by atoms with E-state index in [1.165, 1.54) is 12.1 Å². The van der Waals surface area contributed by atoms with Crippen LogP contribution >= 0.6 is 15.9 Å². The zero-order chi connectivity index (χ0) is 14.8. The summed E-state index contributed by atoms with van der Waals surface area (Å²) in [6.45, 7) is 0.613. The Morgan fingerprint density at radius 3 is 2.65 bits per heavy atom. The fourth-order valence-electron chi connectivity index (χ4n) is 2.14. The van der Waals surface area contributed by atoms with Crippen LogP contribution in [0.1, 0.15) is 12.8 Å². The highest BCUT2D eigenvalue weighted by Crippen LogP contribution is 2.33. The highest BCUT2D eigenvalue weighted by atomic mass is 79.9. The van der Waals surface area contributed by atoms with Gasteiger partial charge in [0.15, 0.2) is 0 Å². The minimum Gasteiger partial charge on any atom is -0.480 e. The number of nitrogens with zero attached hydrogens (tertiary/aromatic N) is 1. The largest absolute Gasteiger partial charge is 0.480 e. The van der Waals surface area contributed by atoms with Gasteiger partial charge in [-0.3, -0.25) is 10.1 Å². The number of carboxylic acid groups (broad SMARTS) is 1. The lowest BCUT2D eigenvalue weighted by Crippen LogP contribution is -2.50. The van der Waals surface area contributed by atoms with Crippen LogP contribution in [0.3, 0.4) is 0 Å². The number of rotatable bonds is 4. The zero-order valence-corrected chi connectivity index (χ0v) is 12.1. The molecule has 8 heteroatoms. The minimum absolute atomic E-state index is 0.152. The zero-order valence-electron chi connectivity index (χ0n) is 10.5. The first kappa shape index (κ1) is 14.7. The SMILES string of the molecule is O=C(O)C1(Nc2cc(Br)ccc2[N+](=O)[O-])CCOCC1. The van der Waals surface area contributed by atoms with Gasteiger partial charge in [-0.05, 0) is 12.1 Å². The van der Waals surface area contributed by atoms with Gasteiger partial charge in [-0.1, -0.05) is 15.9 Å². The molecular weight excluding hydrogens is 332 g/mol. The number of carboxylic acids is 1. The van der Waals surface area contributed by atoms with E-state index >= 15 is 0 Å². The van der Waals surface area contributed by atoms with Gasteiger partial charge in [0.25, 0.3) is 5.69 Å². The number of hydrogen-bond acceptors (Lipinski definition) is 5. The summed E-state index contributed by atoms with van der Waals surface area (Å²) in [6, 6.07) is 4.39. The molecule has 1 fully saturated rings. The third-order valence-electron chi connectivity index (χ3n) is 3.28. The normalized spacial score (nSPS) is 17.4. The molecule has 0 aliphatic carbocycles. The van der Waals surface area contributed by atoms with Crippen molar-refractivity contribution in [3.05, 3.63) is 32.8 Å². The number of anilines is 1. The highest BCUT2D eigenvalue weighted by molar-refractivity contribution is 9.10. The van der Waals surface area contributed by atoms with Crippen LogP contribution in [-0.2, 0) is 9.53 Å². The smallest absolute Gasteiger partial charge is 0.329 e. The molecule has 0 bridgehead atoms. The van der Waals surface area contributed by atoms with Crippen LogP contribution in [0, 0.1) is 10.1 Å². The Bertz CT molecular complexity index is 543. The number of nitrogens with one attached hydrogen (secondary N) is 1. The van der Waals surface area contributed by atoms with Crippen LogP contribution in [0.2, 0.25) is 0 Å². The predicted molar refractivity (Wildman–Crippen MR) is 74.8 cm³/mol. The fraction of sp³-hybridized carbons (Fsp3) is 0.417. The average Bonchev–Trinajstić information content (AvgIpc) is 2.39. The van der Waals surface area contributed by atoms with Crippen LogP contribution in [0.15, 0.2) is 22.7 Å². The number of benzene rings is 1. The molecule has 0 radical (unpaired) electrons. The molecule has 1 aromatic rings. The van der Waals surface area contributed by atoms with E-state index in [0.717, 1.165) is 0 Å². The van der Waals surface area contributed by atoms with Gasteiger partial charge >= 0.3 is 5.97 Å². The summed E-state index contributed by atoms with van der Waals surface area (Å²) in [7, 11) is 0. The fourth-order valence-corrected chi connectivity index (χ4v) is 2.50. The summed E-state index contributed by atoms with van der Waals surface area (Å²) in [5.74, 6) is -1.03. The Morgan fingerprint density at radius 1 is 1.45 bits per heavy atom. The van der Waals surface area contributed by atoms with E-state index in [1.54, 1.807) is 6.07 Å². The molecular formula is C12H13BrN2O5. The van der Waals surface area contributed by atoms with E-state index in [0.29, 0.717) is 17.7 Å². The van der Waals surface area contributed by atoms with E-state index in [2.05, 4.69) is 21.2 Å². The summed E-state index contributed by atoms with van der Waals surface area (Å²) in [5, 5.41) is 23.3. The molecule has 2 N–H and O–H groups in total. The van der Waals surface area contributed by atoms with Crippen molar-refractivity contribution in [2.24, 2.45) is 0 Å². The number of nitro benzene ring substituents is 1. The molecule has 0 amide bonds. The van der Waals surface area contributed by atoms with Gasteiger partial charge in [0.05, 0.1) is 4.92 Å². The first-order chi connectivity index (χ1) is 9.44. The summed E-state index contributed by atoms with van der Waals surface area (Å²) >= 11 is 3.23. The van der Waals surface area contributed by atoms with Gasteiger partial charge in [0, 0.05) is 36.6 Å². The molecule has 0 atom stereocenters. The molecule has 0 aromatic heterocycles. The lowest BCUT2D eigenvalue weighted by atomic mass is 9.89. The summed E-state index contributed by atoms with van der Waals surface area (Å²) in [6.07, 6.45) is 0.512. The number of nitro groups is 1. The van der Waals surface area contributed by atoms with Gasteiger partial charge in [-0.2, -0.15) is 0 Å². The quantitative estimate of drug-likeness (QED) is 0.642. The molecule has 0 spiro atoms. The third kappa shape index (κ3) is 2.91. The number of aliphatic carboxylic acids is 1. The highest BCUT2D eigenvalue weighted by Gasteiger charge is 2.41. The van der Waals surface area contributed by atoms with Gasteiger partial charge in [-0.25, -0.2) is 4.79 Å². The van der Waals surface area contributed by atoms with E-state index in [-0.39, 0.29) is 24.2 Å². The number of ether oxygens (including phenoxy) is 1. The van der Waals surface area contributed by atoms with E-state index in [4.69, 9.17) is 4.74 Å². The Hall–Kier alpha value is -1.67. The van der Waals surface area contributed by atoms with Crippen molar-refractivity contribution in [1.29, 1.82) is 0 Å². The topological polar surface area (TPSA) is 102 Å². The molecule has 1 aromatic carbocycles. The Kier molecular flexibility index (Phi) is 4.24. The van der Waals surface area contributed by atoms with Gasteiger partial charge in [0.2, 0.25) is 0 Å². The van der Waals surface area contributed by atoms with Crippen molar-refractivity contribution < 1.29 is 19.6 Å². The van der Waals surface area contributed by atoms with Crippen LogP contribution in [-0.4, -0.2) is 34.8 Å². The van der Waals surface area contributed by atoms with Crippen LogP contribution < -0.4 is 5.32 Å². The molecule has 1 aliphatic rings.